The molecule has 2 rings (SSSR count). The van der Waals surface area contributed by atoms with Crippen LogP contribution in [-0.2, 0) is 19.1 Å². The molecule has 0 spiro atoms. The fourth-order valence-corrected chi connectivity index (χ4v) is 2.69. The number of ether oxygens (including phenoxy) is 2. The molecular formula is C16H18BrNO4. The maximum Gasteiger partial charge on any atom is 0.303 e. The molecule has 0 unspecified atom stereocenters. The number of rotatable bonds is 4. The first kappa shape index (κ1) is 16.7. The third-order valence-electron chi connectivity index (χ3n) is 3.47. The van der Waals surface area contributed by atoms with Crippen LogP contribution in [0.25, 0.3) is 0 Å². The van der Waals surface area contributed by atoms with E-state index in [4.69, 9.17) is 9.47 Å². The van der Waals surface area contributed by atoms with Gasteiger partial charge in [0.25, 0.3) is 5.91 Å². The van der Waals surface area contributed by atoms with Crippen molar-refractivity contribution < 1.29 is 19.1 Å². The molecule has 1 aliphatic heterocycles. The number of aliphatic imine (C=N–C) groups is 1. The van der Waals surface area contributed by atoms with Gasteiger partial charge in [-0.3, -0.25) is 9.59 Å². The van der Waals surface area contributed by atoms with Gasteiger partial charge in [-0.05, 0) is 37.1 Å². The van der Waals surface area contributed by atoms with Crippen LogP contribution in [-0.4, -0.2) is 29.5 Å². The largest absolute Gasteiger partial charge is 0.457 e. The predicted molar refractivity (Wildman–Crippen MR) is 85.6 cm³/mol. The van der Waals surface area contributed by atoms with Crippen molar-refractivity contribution in [1.29, 1.82) is 0 Å². The summed E-state index contributed by atoms with van der Waals surface area (Å²) in [5.41, 5.74) is -0.604. The summed E-state index contributed by atoms with van der Waals surface area (Å²) in [5.74, 6) is -0.728. The van der Waals surface area contributed by atoms with Gasteiger partial charge in [-0.1, -0.05) is 29.8 Å². The van der Waals surface area contributed by atoms with E-state index in [-0.39, 0.29) is 11.8 Å². The Kier molecular flexibility index (Phi) is 4.70. The molecule has 1 amide bonds. The predicted octanol–water partition coefficient (Wildman–Crippen LogP) is 3.10. The van der Waals surface area contributed by atoms with Gasteiger partial charge in [0, 0.05) is 17.0 Å². The minimum atomic E-state index is -1.30. The van der Waals surface area contributed by atoms with Crippen molar-refractivity contribution in [3.8, 4) is 0 Å². The Balaban J connectivity index is 2.29. The summed E-state index contributed by atoms with van der Waals surface area (Å²) >= 11 is 3.35. The molecule has 118 valence electrons. The van der Waals surface area contributed by atoms with E-state index in [1.54, 1.807) is 19.1 Å². The molecule has 0 saturated carbocycles. The molecule has 1 heterocycles. The molecule has 0 radical (unpaired) electrons. The number of esters is 1. The van der Waals surface area contributed by atoms with Gasteiger partial charge in [-0.25, -0.2) is 0 Å². The molecule has 5 nitrogen and oxygen atoms in total. The lowest BCUT2D eigenvalue weighted by Crippen LogP contribution is -2.50. The second-order valence-corrected chi connectivity index (χ2v) is 6.63. The SMILES string of the molecule is CC(=O)O[C@@H](C(C)C)[C@@]1(C)OC(c2ccc(Br)cc2)=NC1=O. The first-order valence-corrected chi connectivity index (χ1v) is 7.78. The highest BCUT2D eigenvalue weighted by atomic mass is 79.9. The van der Waals surface area contributed by atoms with Crippen molar-refractivity contribution in [1.82, 2.24) is 0 Å². The summed E-state index contributed by atoms with van der Waals surface area (Å²) in [5, 5.41) is 0. The molecule has 22 heavy (non-hydrogen) atoms. The van der Waals surface area contributed by atoms with Gasteiger partial charge in [0.1, 0.15) is 0 Å². The van der Waals surface area contributed by atoms with E-state index >= 15 is 0 Å². The Hall–Kier alpha value is -1.69. The summed E-state index contributed by atoms with van der Waals surface area (Å²) in [6.45, 7) is 6.66. The Morgan fingerprint density at radius 1 is 1.32 bits per heavy atom. The van der Waals surface area contributed by atoms with Crippen molar-refractivity contribution in [2.24, 2.45) is 10.9 Å². The molecule has 0 saturated heterocycles. The minimum Gasteiger partial charge on any atom is -0.457 e. The van der Waals surface area contributed by atoms with Gasteiger partial charge >= 0.3 is 5.97 Å². The number of benzene rings is 1. The molecule has 0 aromatic heterocycles. The van der Waals surface area contributed by atoms with Crippen molar-refractivity contribution in [3.05, 3.63) is 34.3 Å². The summed E-state index contributed by atoms with van der Waals surface area (Å²) in [4.78, 5) is 27.7. The molecule has 0 aliphatic carbocycles. The van der Waals surface area contributed by atoms with Crippen molar-refractivity contribution in [3.63, 3.8) is 0 Å². The first-order chi connectivity index (χ1) is 10.2. The molecule has 0 bridgehead atoms. The average molecular weight is 368 g/mol. The normalized spacial score (nSPS) is 22.3. The molecule has 6 heteroatoms. The topological polar surface area (TPSA) is 65.0 Å². The average Bonchev–Trinajstić information content (AvgIpc) is 2.73. The van der Waals surface area contributed by atoms with Gasteiger partial charge < -0.3 is 9.47 Å². The van der Waals surface area contributed by atoms with Crippen LogP contribution in [0, 0.1) is 5.92 Å². The monoisotopic (exact) mass is 367 g/mol. The number of halogens is 1. The lowest BCUT2D eigenvalue weighted by atomic mass is 9.89. The maximum atomic E-state index is 12.4. The fraction of sp³-hybridized carbons (Fsp3) is 0.438. The number of amides is 1. The second kappa shape index (κ2) is 6.20. The van der Waals surface area contributed by atoms with Gasteiger partial charge in [-0.15, -0.1) is 0 Å². The first-order valence-electron chi connectivity index (χ1n) is 6.99. The summed E-state index contributed by atoms with van der Waals surface area (Å²) in [7, 11) is 0. The van der Waals surface area contributed by atoms with Crippen LogP contribution < -0.4 is 0 Å². The van der Waals surface area contributed by atoms with Gasteiger partial charge in [0.2, 0.25) is 11.5 Å². The van der Waals surface area contributed by atoms with Crippen molar-refractivity contribution in [2.75, 3.05) is 0 Å². The highest BCUT2D eigenvalue weighted by Crippen LogP contribution is 2.32. The molecule has 1 aromatic rings. The molecule has 2 atom stereocenters. The van der Waals surface area contributed by atoms with Gasteiger partial charge in [0.15, 0.2) is 6.10 Å². The van der Waals surface area contributed by atoms with Crippen molar-refractivity contribution >= 4 is 33.7 Å². The number of hydrogen-bond donors (Lipinski definition) is 0. The summed E-state index contributed by atoms with van der Waals surface area (Å²) in [6, 6.07) is 7.29. The number of carbonyl (C=O) groups is 2. The second-order valence-electron chi connectivity index (χ2n) is 5.71. The van der Waals surface area contributed by atoms with Crippen LogP contribution in [0.2, 0.25) is 0 Å². The Morgan fingerprint density at radius 2 is 1.91 bits per heavy atom. The zero-order valence-electron chi connectivity index (χ0n) is 12.9. The van der Waals surface area contributed by atoms with E-state index in [0.29, 0.717) is 5.56 Å². The lowest BCUT2D eigenvalue weighted by Gasteiger charge is -2.33. The van der Waals surface area contributed by atoms with Gasteiger partial charge in [0.05, 0.1) is 0 Å². The van der Waals surface area contributed by atoms with E-state index in [1.807, 2.05) is 26.0 Å². The van der Waals surface area contributed by atoms with E-state index in [0.717, 1.165) is 4.47 Å². The maximum absolute atomic E-state index is 12.4. The number of hydrogen-bond acceptors (Lipinski definition) is 4. The standard InChI is InChI=1S/C16H18BrNO4/c1-9(2)13(21-10(3)19)16(4)15(20)18-14(22-16)11-5-7-12(17)8-6-11/h5-9,13H,1-4H3/t13-,16+/m0/s1. The summed E-state index contributed by atoms with van der Waals surface area (Å²) < 4.78 is 12.0. The quantitative estimate of drug-likeness (QED) is 0.766. The zero-order chi connectivity index (χ0) is 16.5. The Bertz CT molecular complexity index is 624. The highest BCUT2D eigenvalue weighted by molar-refractivity contribution is 9.10. The fourth-order valence-electron chi connectivity index (χ4n) is 2.43. The zero-order valence-corrected chi connectivity index (χ0v) is 14.5. The van der Waals surface area contributed by atoms with E-state index in [2.05, 4.69) is 20.9 Å². The van der Waals surface area contributed by atoms with Crippen LogP contribution in [0.5, 0.6) is 0 Å². The van der Waals surface area contributed by atoms with E-state index < -0.39 is 23.6 Å². The molecule has 1 aromatic carbocycles. The van der Waals surface area contributed by atoms with Crippen LogP contribution >= 0.6 is 15.9 Å². The van der Waals surface area contributed by atoms with E-state index in [9.17, 15) is 9.59 Å². The lowest BCUT2D eigenvalue weighted by molar-refractivity contribution is -0.167. The van der Waals surface area contributed by atoms with Crippen LogP contribution in [0.3, 0.4) is 0 Å². The summed E-state index contributed by atoms with van der Waals surface area (Å²) in [6.07, 6.45) is -0.700. The van der Waals surface area contributed by atoms with Crippen LogP contribution in [0.1, 0.15) is 33.3 Å². The molecule has 1 aliphatic rings. The molecule has 0 fully saturated rings. The molecule has 0 N–H and O–H groups in total. The number of nitrogens with zero attached hydrogens (tertiary/aromatic N) is 1. The minimum absolute atomic E-state index is 0.0858. The Labute approximate surface area is 137 Å². The van der Waals surface area contributed by atoms with Crippen LogP contribution in [0.15, 0.2) is 33.7 Å². The third-order valence-corrected chi connectivity index (χ3v) is 4.00. The Morgan fingerprint density at radius 3 is 2.41 bits per heavy atom. The third kappa shape index (κ3) is 3.21. The van der Waals surface area contributed by atoms with Crippen LogP contribution in [0.4, 0.5) is 0 Å². The smallest absolute Gasteiger partial charge is 0.303 e. The van der Waals surface area contributed by atoms with Crippen molar-refractivity contribution in [2.45, 2.75) is 39.4 Å². The highest BCUT2D eigenvalue weighted by Gasteiger charge is 2.52. The molecular weight excluding hydrogens is 350 g/mol. The number of carbonyl (C=O) groups excluding carboxylic acids is 2. The van der Waals surface area contributed by atoms with Gasteiger partial charge in [-0.2, -0.15) is 4.99 Å². The van der Waals surface area contributed by atoms with E-state index in [1.165, 1.54) is 6.92 Å².